The number of aryl methyl sites for hydroxylation is 2. The van der Waals surface area contributed by atoms with Crippen LogP contribution in [-0.4, -0.2) is 103 Å². The maximum absolute atomic E-state index is 13.2. The molecular formula is C118H124N8O15S3. The lowest BCUT2D eigenvalue weighted by Gasteiger charge is -2.29. The summed E-state index contributed by atoms with van der Waals surface area (Å²) in [5.41, 5.74) is 20.4. The van der Waals surface area contributed by atoms with E-state index < -0.39 is 23.9 Å². The number of carbonyl (C=O) groups is 6. The number of carbonyl (C=O) groups excluding carboxylic acids is 6. The van der Waals surface area contributed by atoms with Gasteiger partial charge in [0.15, 0.2) is 5.13 Å². The standard InChI is InChI=1S/C40H40N2O5S.C39H45N3O5S.C39H39N3O5S/c1-3-11-29-14-16-30(17-15-29)35-23-22-34(28-32(35)24-25-41-40-42-36-12-7-8-13-37(36)48-40)47-39(44)31-18-20-33(21-19-31)45-26-9-5-6-10-27-46-38(43)4-2;2*1-3-11-28-14-16-29(17-15-28)31-20-23-35(32(26-31)27-40-42-39-41-34-12-7-8-13-36(34)48-39)47-38(44)30-18-21-33(22-19-30)45-24-9-5-6-10-25-46-37(43)4-2/h4,7-8,12-25,28H,2-3,5-6,9-11,26-27H2,1H3,(H,41,42);4,7-8,12-13,18-23,26-29H,2-3,5-6,9-11,14-17,24-25H2,1H3,(H,41,42);4,7-8,12-23,26-27H,2-3,5-6,9-11,24-25H2,1H3,(H,41,42)/b25-24+;2*40-27+. The number of benzene rings is 11. The molecule has 23 nitrogen and oxygen atoms in total. The molecule has 744 valence electrons. The third-order valence-electron chi connectivity index (χ3n) is 23.8. The van der Waals surface area contributed by atoms with Crippen LogP contribution in [0.4, 0.5) is 15.4 Å². The van der Waals surface area contributed by atoms with E-state index in [0.717, 1.165) is 178 Å². The van der Waals surface area contributed by atoms with E-state index in [1.165, 1.54) is 96.1 Å². The van der Waals surface area contributed by atoms with Crippen molar-refractivity contribution in [2.75, 3.05) is 55.8 Å². The molecule has 1 aliphatic carbocycles. The first-order valence-electron chi connectivity index (χ1n) is 49.5. The maximum Gasteiger partial charge on any atom is 0.343 e. The average Bonchev–Trinajstić information content (AvgIpc) is 1.32. The highest BCUT2D eigenvalue weighted by Crippen LogP contribution is 2.40. The lowest BCUT2D eigenvalue weighted by molar-refractivity contribution is -0.138. The van der Waals surface area contributed by atoms with Crippen molar-refractivity contribution in [1.82, 2.24) is 15.0 Å². The quantitative estimate of drug-likeness (QED) is 0.00607. The number of aromatic nitrogens is 3. The van der Waals surface area contributed by atoms with Crippen molar-refractivity contribution in [3.8, 4) is 56.8 Å². The van der Waals surface area contributed by atoms with Gasteiger partial charge in [-0.2, -0.15) is 10.2 Å². The molecule has 1 aliphatic rings. The van der Waals surface area contributed by atoms with Gasteiger partial charge < -0.3 is 47.9 Å². The number of unbranched alkanes of at least 4 members (excludes halogenated alkanes) is 9. The molecule has 26 heteroatoms. The van der Waals surface area contributed by atoms with E-state index in [2.05, 4.69) is 149 Å². The molecule has 3 aromatic heterocycles. The number of esters is 6. The van der Waals surface area contributed by atoms with Crippen LogP contribution >= 0.6 is 34.0 Å². The molecule has 0 aliphatic heterocycles. The van der Waals surface area contributed by atoms with E-state index in [9.17, 15) is 28.8 Å². The van der Waals surface area contributed by atoms with Crippen molar-refractivity contribution in [3.63, 3.8) is 0 Å². The number of nitrogens with one attached hydrogen (secondary N) is 3. The largest absolute Gasteiger partial charge is 0.494 e. The molecule has 0 unspecified atom stereocenters. The molecule has 3 heterocycles. The van der Waals surface area contributed by atoms with Crippen LogP contribution in [-0.2, 0) is 41.4 Å². The van der Waals surface area contributed by atoms with Gasteiger partial charge in [0.1, 0.15) is 34.5 Å². The van der Waals surface area contributed by atoms with Crippen LogP contribution < -0.4 is 44.6 Å². The number of ether oxygens (including phenoxy) is 9. The summed E-state index contributed by atoms with van der Waals surface area (Å²) in [6, 6.07) is 79.5. The van der Waals surface area contributed by atoms with Crippen molar-refractivity contribution in [2.24, 2.45) is 16.1 Å². The van der Waals surface area contributed by atoms with Crippen LogP contribution in [0.1, 0.15) is 220 Å². The van der Waals surface area contributed by atoms with Gasteiger partial charge in [-0.3, -0.25) is 10.9 Å². The number of thiazole rings is 3. The predicted octanol–water partition coefficient (Wildman–Crippen LogP) is 28.8. The van der Waals surface area contributed by atoms with Crippen molar-refractivity contribution >= 4 is 134 Å². The Hall–Kier alpha value is -15.0. The predicted molar refractivity (Wildman–Crippen MR) is 581 cm³/mol. The zero-order valence-corrected chi connectivity index (χ0v) is 84.3. The first-order valence-corrected chi connectivity index (χ1v) is 51.9. The van der Waals surface area contributed by atoms with Gasteiger partial charge in [0, 0.05) is 35.6 Å². The smallest absolute Gasteiger partial charge is 0.343 e. The lowest BCUT2D eigenvalue weighted by Crippen LogP contribution is -2.14. The molecule has 0 saturated heterocycles. The number of hydrogen-bond acceptors (Lipinski definition) is 26. The molecule has 0 atom stereocenters. The third kappa shape index (κ3) is 34.2. The number of nitrogens with zero attached hydrogens (tertiary/aromatic N) is 5. The Bertz CT molecular complexity index is 6530. The normalized spacial score (nSPS) is 12.7. The molecule has 15 rings (SSSR count). The zero-order chi connectivity index (χ0) is 101. The van der Waals surface area contributed by atoms with Crippen LogP contribution in [0.2, 0.25) is 0 Å². The fraction of sp³-hybridized carbons (Fsp3) is 0.280. The monoisotopic (exact) mass is 1990 g/mol. The van der Waals surface area contributed by atoms with Crippen LogP contribution in [0.25, 0.3) is 59.0 Å². The Morgan fingerprint density at radius 1 is 0.375 bits per heavy atom. The van der Waals surface area contributed by atoms with Crippen LogP contribution in [0.3, 0.4) is 0 Å². The summed E-state index contributed by atoms with van der Waals surface area (Å²) in [5, 5.41) is 14.4. The van der Waals surface area contributed by atoms with Gasteiger partial charge in [0.05, 0.1) is 99.4 Å². The number of rotatable bonds is 51. The van der Waals surface area contributed by atoms with Gasteiger partial charge in [-0.05, 0) is 324 Å². The van der Waals surface area contributed by atoms with E-state index >= 15 is 0 Å². The van der Waals surface area contributed by atoms with Gasteiger partial charge in [-0.25, -0.2) is 43.7 Å². The molecule has 1 fully saturated rings. The van der Waals surface area contributed by atoms with Gasteiger partial charge in [-0.1, -0.05) is 203 Å². The number of para-hydroxylation sites is 3. The average molecular weight is 1990 g/mol. The number of fused-ring (bicyclic) bond motifs is 3. The Labute approximate surface area is 854 Å². The summed E-state index contributed by atoms with van der Waals surface area (Å²) in [6.45, 7) is 19.7. The van der Waals surface area contributed by atoms with E-state index in [0.29, 0.717) is 113 Å². The first-order chi connectivity index (χ1) is 70.6. The molecule has 1 saturated carbocycles. The second kappa shape index (κ2) is 57.8. The fourth-order valence-corrected chi connectivity index (χ4v) is 18.7. The summed E-state index contributed by atoms with van der Waals surface area (Å²) < 4.78 is 53.4. The van der Waals surface area contributed by atoms with Crippen molar-refractivity contribution < 1.29 is 71.4 Å². The molecule has 144 heavy (non-hydrogen) atoms. The van der Waals surface area contributed by atoms with Crippen LogP contribution in [0.15, 0.2) is 303 Å². The van der Waals surface area contributed by atoms with Gasteiger partial charge in [0.25, 0.3) is 0 Å². The topological polar surface area (TPSA) is 285 Å². The molecular weight excluding hydrogens is 1870 g/mol. The molecule has 3 N–H and O–H groups in total. The van der Waals surface area contributed by atoms with Crippen molar-refractivity contribution in [2.45, 2.75) is 168 Å². The van der Waals surface area contributed by atoms with Gasteiger partial charge >= 0.3 is 35.8 Å². The first kappa shape index (κ1) is 106. The number of hydrogen-bond donors (Lipinski definition) is 3. The summed E-state index contributed by atoms with van der Waals surface area (Å²) in [4.78, 5) is 86.6. The van der Waals surface area contributed by atoms with E-state index in [-0.39, 0.29) is 11.9 Å². The third-order valence-corrected chi connectivity index (χ3v) is 26.7. The Balaban J connectivity index is 0.000000181. The molecule has 14 aromatic rings. The Morgan fingerprint density at radius 2 is 0.764 bits per heavy atom. The Kier molecular flexibility index (Phi) is 42.7. The minimum Gasteiger partial charge on any atom is -0.494 e. The zero-order valence-electron chi connectivity index (χ0n) is 81.9. The second-order valence-corrected chi connectivity index (χ2v) is 37.6. The highest BCUT2D eigenvalue weighted by molar-refractivity contribution is 7.22. The Morgan fingerprint density at radius 3 is 1.19 bits per heavy atom. The molecule has 11 aromatic carbocycles. The minimum atomic E-state index is -0.482. The SMILES string of the molecule is C=CC(=O)OCCCCCCOc1ccc(C(=O)Oc2ccc(-c3ccc(CCC)cc3)c(/C=C/Nc3nc4ccccc4s3)c2)cc1.C=CC(=O)OCCCCCCOc1ccc(C(=O)Oc2ccc(-c3ccc(CCC)cc3)cc2/C=N/Nc2nc3ccccc3s2)cc1.C=CC(=O)OCCCCCCOc1ccc(C(=O)Oc2ccc(C3CCC(CCC)CC3)cc2/C=N/Nc2nc3ccccc3s2)cc1. The lowest BCUT2D eigenvalue weighted by atomic mass is 9.77. The molecule has 0 radical (unpaired) electrons. The molecule has 0 amide bonds. The summed E-state index contributed by atoms with van der Waals surface area (Å²) in [5.74, 6) is 2.13. The minimum absolute atomic E-state index is 0.387. The van der Waals surface area contributed by atoms with E-state index in [1.807, 2.05) is 115 Å². The van der Waals surface area contributed by atoms with E-state index in [1.54, 1.807) is 103 Å². The summed E-state index contributed by atoms with van der Waals surface area (Å²) in [7, 11) is 0. The van der Waals surface area contributed by atoms with Gasteiger partial charge in [0.2, 0.25) is 10.3 Å². The van der Waals surface area contributed by atoms with Crippen molar-refractivity contribution in [3.05, 3.63) is 343 Å². The number of anilines is 3. The fourth-order valence-electron chi connectivity index (χ4n) is 16.2. The van der Waals surface area contributed by atoms with Crippen LogP contribution in [0.5, 0.6) is 34.5 Å². The maximum atomic E-state index is 13.2. The van der Waals surface area contributed by atoms with E-state index in [4.69, 9.17) is 42.6 Å². The summed E-state index contributed by atoms with van der Waals surface area (Å²) in [6.07, 6.45) is 33.2. The molecule has 0 bridgehead atoms. The summed E-state index contributed by atoms with van der Waals surface area (Å²) >= 11 is 4.64. The number of hydrazone groups is 2. The molecule has 0 spiro atoms. The highest BCUT2D eigenvalue weighted by atomic mass is 32.1. The van der Waals surface area contributed by atoms with Crippen molar-refractivity contribution in [1.29, 1.82) is 0 Å². The highest BCUT2D eigenvalue weighted by Gasteiger charge is 2.25. The van der Waals surface area contributed by atoms with Crippen LogP contribution in [0, 0.1) is 5.92 Å². The van der Waals surface area contributed by atoms with Gasteiger partial charge in [-0.15, -0.1) is 0 Å². The second-order valence-electron chi connectivity index (χ2n) is 34.5.